The third-order valence-electron chi connectivity index (χ3n) is 3.49. The number of nitrogens with one attached hydrogen (secondary N) is 2. The first-order chi connectivity index (χ1) is 13.3. The van der Waals surface area contributed by atoms with Gasteiger partial charge in [0.05, 0.1) is 0 Å². The molecule has 1 aromatic heterocycles. The second-order valence-corrected chi connectivity index (χ2v) is 5.54. The van der Waals surface area contributed by atoms with Crippen LogP contribution in [0.2, 0.25) is 0 Å². The van der Waals surface area contributed by atoms with Gasteiger partial charge in [-0.15, -0.1) is 0 Å². The highest BCUT2D eigenvalue weighted by Gasteiger charge is 2.38. The van der Waals surface area contributed by atoms with E-state index in [0.717, 1.165) is 50.8 Å². The lowest BCUT2D eigenvalue weighted by atomic mass is 10.2. The molecule has 0 amide bonds. The smallest absolute Gasteiger partial charge is 0.475 e. The molecule has 0 bridgehead atoms. The quantitative estimate of drug-likeness (QED) is 0.482. The zero-order valence-electron chi connectivity index (χ0n) is 14.6. The summed E-state index contributed by atoms with van der Waals surface area (Å²) in [5, 5.41) is 20.9. The Hall–Kier alpha value is -2.84. The summed E-state index contributed by atoms with van der Waals surface area (Å²) in [5.74, 6) is -3.36. The largest absolute Gasteiger partial charge is 0.490 e. The fourth-order valence-electron chi connectivity index (χ4n) is 2.24. The molecule has 164 valence electrons. The molecule has 2 aliphatic rings. The average Bonchev–Trinajstić information content (AvgIpc) is 3.10. The molecule has 3 rings (SSSR count). The molecule has 29 heavy (non-hydrogen) atoms. The number of aromatic nitrogens is 2. The summed E-state index contributed by atoms with van der Waals surface area (Å²) in [7, 11) is 0. The van der Waals surface area contributed by atoms with E-state index >= 15 is 0 Å². The molecule has 0 unspecified atom stereocenters. The van der Waals surface area contributed by atoms with Gasteiger partial charge >= 0.3 is 24.3 Å². The minimum Gasteiger partial charge on any atom is -0.475 e. The molecule has 4 N–H and O–H groups in total. The van der Waals surface area contributed by atoms with Crippen LogP contribution in [0.5, 0.6) is 0 Å². The number of anilines is 2. The van der Waals surface area contributed by atoms with E-state index in [1.54, 1.807) is 6.33 Å². The van der Waals surface area contributed by atoms with Crippen LogP contribution < -0.4 is 15.5 Å². The van der Waals surface area contributed by atoms with Crippen LogP contribution >= 0.6 is 0 Å². The first-order valence-corrected chi connectivity index (χ1v) is 7.97. The zero-order chi connectivity index (χ0) is 22.2. The molecule has 2 aliphatic heterocycles. The fourth-order valence-corrected chi connectivity index (χ4v) is 2.24. The molecule has 0 saturated carbocycles. The van der Waals surface area contributed by atoms with Crippen molar-refractivity contribution in [3.8, 4) is 0 Å². The van der Waals surface area contributed by atoms with E-state index < -0.39 is 24.3 Å². The molecule has 3 heterocycles. The molecular weight excluding hydrogens is 416 g/mol. The average molecular weight is 433 g/mol. The highest BCUT2D eigenvalue weighted by Crippen LogP contribution is 2.27. The highest BCUT2D eigenvalue weighted by atomic mass is 19.4. The Morgan fingerprint density at radius 1 is 0.931 bits per heavy atom. The maximum absolute atomic E-state index is 10.6. The number of nitrogens with zero attached hydrogens (tertiary/aromatic N) is 3. The van der Waals surface area contributed by atoms with E-state index in [-0.39, 0.29) is 0 Å². The first-order valence-electron chi connectivity index (χ1n) is 7.97. The second kappa shape index (κ2) is 10.1. The molecule has 9 nitrogen and oxygen atoms in total. The minimum absolute atomic E-state index is 0.993. The first kappa shape index (κ1) is 24.2. The van der Waals surface area contributed by atoms with Crippen molar-refractivity contribution in [3.63, 3.8) is 0 Å². The van der Waals surface area contributed by atoms with Crippen molar-refractivity contribution < 1.29 is 46.1 Å². The summed E-state index contributed by atoms with van der Waals surface area (Å²) < 4.78 is 63.5. The van der Waals surface area contributed by atoms with E-state index in [9.17, 15) is 26.3 Å². The molecule has 0 aliphatic carbocycles. The molecule has 0 spiro atoms. The van der Waals surface area contributed by atoms with Crippen LogP contribution in [0, 0.1) is 0 Å². The zero-order valence-corrected chi connectivity index (χ0v) is 14.6. The number of halogens is 6. The highest BCUT2D eigenvalue weighted by molar-refractivity contribution is 5.73. The van der Waals surface area contributed by atoms with E-state index in [4.69, 9.17) is 19.8 Å². The fraction of sp³-hybridized carbons (Fsp3) is 0.571. The second-order valence-electron chi connectivity index (χ2n) is 5.54. The van der Waals surface area contributed by atoms with E-state index in [1.807, 2.05) is 0 Å². The lowest BCUT2D eigenvalue weighted by Gasteiger charge is -2.29. The number of aliphatic carboxylic acids is 2. The number of hydrogen-bond acceptors (Lipinski definition) is 7. The van der Waals surface area contributed by atoms with Gasteiger partial charge in [-0.05, 0) is 6.42 Å². The minimum atomic E-state index is -5.08. The van der Waals surface area contributed by atoms with Crippen LogP contribution in [0.4, 0.5) is 38.0 Å². The van der Waals surface area contributed by atoms with Crippen molar-refractivity contribution in [2.24, 2.45) is 0 Å². The predicted molar refractivity (Wildman–Crippen MR) is 86.7 cm³/mol. The molecule has 0 radical (unpaired) electrons. The van der Waals surface area contributed by atoms with Crippen molar-refractivity contribution in [1.82, 2.24) is 15.3 Å². The van der Waals surface area contributed by atoms with E-state index in [2.05, 4.69) is 25.5 Å². The van der Waals surface area contributed by atoms with Crippen LogP contribution in [-0.4, -0.2) is 77.2 Å². The van der Waals surface area contributed by atoms with Crippen molar-refractivity contribution in [3.05, 3.63) is 11.9 Å². The van der Waals surface area contributed by atoms with Crippen LogP contribution in [0.3, 0.4) is 0 Å². The summed E-state index contributed by atoms with van der Waals surface area (Å²) in [6, 6.07) is 0. The van der Waals surface area contributed by atoms with Gasteiger partial charge in [0.1, 0.15) is 18.0 Å². The van der Waals surface area contributed by atoms with Crippen molar-refractivity contribution in [2.45, 2.75) is 18.8 Å². The summed E-state index contributed by atoms with van der Waals surface area (Å²) >= 11 is 0. The number of rotatable bonds is 1. The number of carboxylic acids is 2. The van der Waals surface area contributed by atoms with Gasteiger partial charge in [-0.1, -0.05) is 0 Å². The Kier molecular flexibility index (Phi) is 8.42. The molecular formula is C14H17F6N5O4. The van der Waals surface area contributed by atoms with Gasteiger partial charge in [0.15, 0.2) is 0 Å². The maximum Gasteiger partial charge on any atom is 0.490 e. The van der Waals surface area contributed by atoms with E-state index in [0.29, 0.717) is 0 Å². The molecule has 1 aromatic rings. The van der Waals surface area contributed by atoms with Gasteiger partial charge in [-0.3, -0.25) is 0 Å². The predicted octanol–water partition coefficient (Wildman–Crippen LogP) is 1.12. The maximum atomic E-state index is 10.6. The number of piperazine rings is 1. The third-order valence-corrected chi connectivity index (χ3v) is 3.49. The summed E-state index contributed by atoms with van der Waals surface area (Å²) in [4.78, 5) is 28.8. The van der Waals surface area contributed by atoms with Gasteiger partial charge in [-0.2, -0.15) is 26.3 Å². The van der Waals surface area contributed by atoms with Crippen LogP contribution in [0.1, 0.15) is 5.56 Å². The lowest BCUT2D eigenvalue weighted by molar-refractivity contribution is -0.193. The standard InChI is InChI=1S/C10H15N5.2C2HF3O2/c1-2-12-9-8(1)10(14-7-13-9)15-5-3-11-4-6-15;2*3-2(4,5)1(6)7/h7,11H,1-6H2,(H,12,13,14);2*(H,6,7). The Morgan fingerprint density at radius 3 is 1.86 bits per heavy atom. The summed E-state index contributed by atoms with van der Waals surface area (Å²) in [5.41, 5.74) is 1.29. The van der Waals surface area contributed by atoms with Gasteiger partial charge in [0.25, 0.3) is 0 Å². The summed E-state index contributed by atoms with van der Waals surface area (Å²) in [6.45, 7) is 5.18. The van der Waals surface area contributed by atoms with Crippen molar-refractivity contribution in [1.29, 1.82) is 0 Å². The number of fused-ring (bicyclic) bond motifs is 1. The van der Waals surface area contributed by atoms with Crippen LogP contribution in [0.15, 0.2) is 6.33 Å². The van der Waals surface area contributed by atoms with Crippen LogP contribution in [0.25, 0.3) is 0 Å². The molecule has 1 fully saturated rings. The Morgan fingerprint density at radius 2 is 1.41 bits per heavy atom. The lowest BCUT2D eigenvalue weighted by Crippen LogP contribution is -2.44. The number of carboxylic acid groups (broad SMARTS) is 2. The Bertz CT molecular complexity index is 683. The topological polar surface area (TPSA) is 128 Å². The third kappa shape index (κ3) is 7.97. The number of alkyl halides is 6. The van der Waals surface area contributed by atoms with Gasteiger partial charge < -0.3 is 25.7 Å². The molecule has 0 aromatic carbocycles. The van der Waals surface area contributed by atoms with Crippen molar-refractivity contribution >= 4 is 23.6 Å². The summed E-state index contributed by atoms with van der Waals surface area (Å²) in [6.07, 6.45) is -7.45. The van der Waals surface area contributed by atoms with Crippen LogP contribution in [-0.2, 0) is 16.0 Å². The Labute approximate surface area is 159 Å². The van der Waals surface area contributed by atoms with Gasteiger partial charge in [-0.25, -0.2) is 19.6 Å². The Balaban J connectivity index is 0.000000255. The van der Waals surface area contributed by atoms with Gasteiger partial charge in [0, 0.05) is 38.3 Å². The van der Waals surface area contributed by atoms with Gasteiger partial charge in [0.2, 0.25) is 0 Å². The monoisotopic (exact) mass is 433 g/mol. The van der Waals surface area contributed by atoms with E-state index in [1.165, 1.54) is 5.56 Å². The normalized spacial score (nSPS) is 15.7. The molecule has 0 atom stereocenters. The molecule has 1 saturated heterocycles. The SMILES string of the molecule is O=C(O)C(F)(F)F.O=C(O)C(F)(F)F.c1nc2c(c(N3CCNCC3)n1)CCN2. The number of hydrogen-bond donors (Lipinski definition) is 4. The van der Waals surface area contributed by atoms with Crippen molar-refractivity contribution in [2.75, 3.05) is 42.9 Å². The number of carbonyl (C=O) groups is 2. The molecule has 15 heteroatoms.